The maximum Gasteiger partial charge on any atom is 0.573 e. The summed E-state index contributed by atoms with van der Waals surface area (Å²) in [5.74, 6) is -0.374. The molecule has 182 valence electrons. The second-order valence-electron chi connectivity index (χ2n) is 8.64. The number of hydrogen-bond acceptors (Lipinski definition) is 6. The number of benzene rings is 1. The fourth-order valence-corrected chi connectivity index (χ4v) is 4.49. The number of carbonyl (C=O) groups is 2. The summed E-state index contributed by atoms with van der Waals surface area (Å²) in [6, 6.07) is 5.31. The first-order valence-corrected chi connectivity index (χ1v) is 11.0. The molecule has 0 bridgehead atoms. The standard InChI is InChI=1S/C23H25F3N4O4/c1-15-12-28-16(13-27-15)14-29-21(32)33-18-6-8-22(9-7-18)10-11-30(20(22)31)17-2-4-19(5-3-17)34-23(24,25)26/h2-5,12-13,18H,6-11,14H2,1H3,(H,29,32). The first kappa shape index (κ1) is 23.8. The molecule has 11 heteroatoms. The van der Waals surface area contributed by atoms with Crippen LogP contribution in [0.5, 0.6) is 5.75 Å². The van der Waals surface area contributed by atoms with Crippen LogP contribution in [-0.4, -0.2) is 41.0 Å². The summed E-state index contributed by atoms with van der Waals surface area (Å²) < 4.78 is 46.5. The van der Waals surface area contributed by atoms with E-state index >= 15 is 0 Å². The number of halogens is 3. The zero-order chi connectivity index (χ0) is 24.3. The summed E-state index contributed by atoms with van der Waals surface area (Å²) in [6.45, 7) is 2.52. The van der Waals surface area contributed by atoms with E-state index in [0.29, 0.717) is 50.0 Å². The molecule has 2 aliphatic rings. The Labute approximate surface area is 194 Å². The molecule has 0 radical (unpaired) electrons. The lowest BCUT2D eigenvalue weighted by Crippen LogP contribution is -2.40. The molecule has 0 atom stereocenters. The highest BCUT2D eigenvalue weighted by Gasteiger charge is 2.49. The van der Waals surface area contributed by atoms with Gasteiger partial charge >= 0.3 is 12.5 Å². The Balaban J connectivity index is 1.27. The molecule has 1 aliphatic carbocycles. The van der Waals surface area contributed by atoms with Crippen LogP contribution in [0.3, 0.4) is 0 Å². The van der Waals surface area contributed by atoms with Crippen molar-refractivity contribution in [1.82, 2.24) is 15.3 Å². The van der Waals surface area contributed by atoms with E-state index in [1.54, 1.807) is 17.3 Å². The molecular weight excluding hydrogens is 453 g/mol. The molecule has 34 heavy (non-hydrogen) atoms. The SMILES string of the molecule is Cc1cnc(CNC(=O)OC2CCC3(CC2)CCN(c2ccc(OC(F)(F)F)cc2)C3=O)cn1. The van der Waals surface area contributed by atoms with Crippen molar-refractivity contribution in [3.05, 3.63) is 48.0 Å². The van der Waals surface area contributed by atoms with Gasteiger partial charge in [0, 0.05) is 18.4 Å². The molecule has 2 heterocycles. The maximum absolute atomic E-state index is 13.2. The van der Waals surface area contributed by atoms with Crippen LogP contribution in [0.1, 0.15) is 43.5 Å². The molecule has 1 aromatic heterocycles. The van der Waals surface area contributed by atoms with Crippen molar-refractivity contribution < 1.29 is 32.2 Å². The third-order valence-electron chi connectivity index (χ3n) is 6.31. The maximum atomic E-state index is 13.2. The lowest BCUT2D eigenvalue weighted by atomic mass is 9.72. The zero-order valence-electron chi connectivity index (χ0n) is 18.6. The largest absolute Gasteiger partial charge is 0.573 e. The first-order chi connectivity index (χ1) is 16.1. The van der Waals surface area contributed by atoms with Gasteiger partial charge in [-0.15, -0.1) is 13.2 Å². The van der Waals surface area contributed by atoms with Crippen molar-refractivity contribution in [3.8, 4) is 5.75 Å². The molecule has 1 aliphatic heterocycles. The Morgan fingerprint density at radius 1 is 1.15 bits per heavy atom. The van der Waals surface area contributed by atoms with Gasteiger partial charge in [-0.1, -0.05) is 0 Å². The number of aryl methyl sites for hydroxylation is 1. The number of aromatic nitrogens is 2. The van der Waals surface area contributed by atoms with E-state index in [4.69, 9.17) is 4.74 Å². The van der Waals surface area contributed by atoms with E-state index in [-0.39, 0.29) is 24.3 Å². The summed E-state index contributed by atoms with van der Waals surface area (Å²) in [7, 11) is 0. The van der Waals surface area contributed by atoms with Gasteiger partial charge in [-0.05, 0) is 63.3 Å². The molecule has 4 rings (SSSR count). The highest BCUT2D eigenvalue weighted by atomic mass is 19.4. The van der Waals surface area contributed by atoms with Gasteiger partial charge in [0.25, 0.3) is 0 Å². The topological polar surface area (TPSA) is 93.6 Å². The summed E-state index contributed by atoms with van der Waals surface area (Å²) in [6.07, 6.45) is 0.575. The van der Waals surface area contributed by atoms with E-state index in [9.17, 15) is 22.8 Å². The number of alkyl carbamates (subject to hydrolysis) is 1. The normalized spacial score (nSPS) is 22.6. The van der Waals surface area contributed by atoms with E-state index < -0.39 is 17.9 Å². The number of carbonyl (C=O) groups excluding carboxylic acids is 2. The van der Waals surface area contributed by atoms with Crippen molar-refractivity contribution in [2.75, 3.05) is 11.4 Å². The molecule has 1 saturated heterocycles. The van der Waals surface area contributed by atoms with Gasteiger partial charge in [-0.2, -0.15) is 0 Å². The Hall–Kier alpha value is -3.37. The summed E-state index contributed by atoms with van der Waals surface area (Å²) in [5, 5.41) is 2.66. The summed E-state index contributed by atoms with van der Waals surface area (Å²) in [4.78, 5) is 35.2. The van der Waals surface area contributed by atoms with E-state index in [2.05, 4.69) is 20.0 Å². The van der Waals surface area contributed by atoms with Crippen molar-refractivity contribution in [2.24, 2.45) is 5.41 Å². The fourth-order valence-electron chi connectivity index (χ4n) is 4.49. The van der Waals surface area contributed by atoms with Gasteiger partial charge in [0.2, 0.25) is 5.91 Å². The Kier molecular flexibility index (Phi) is 6.63. The minimum Gasteiger partial charge on any atom is -0.446 e. The predicted octanol–water partition coefficient (Wildman–Crippen LogP) is 4.28. The minimum atomic E-state index is -4.76. The van der Waals surface area contributed by atoms with Gasteiger partial charge in [-0.3, -0.25) is 14.8 Å². The summed E-state index contributed by atoms with van der Waals surface area (Å²) in [5.41, 5.74) is 1.41. The van der Waals surface area contributed by atoms with Crippen molar-refractivity contribution in [2.45, 2.75) is 58.0 Å². The van der Waals surface area contributed by atoms with Crippen LogP contribution in [0.25, 0.3) is 0 Å². The van der Waals surface area contributed by atoms with Crippen LogP contribution >= 0.6 is 0 Å². The zero-order valence-corrected chi connectivity index (χ0v) is 18.6. The van der Waals surface area contributed by atoms with Gasteiger partial charge in [0.15, 0.2) is 0 Å². The number of anilines is 1. The number of ether oxygens (including phenoxy) is 2. The second-order valence-corrected chi connectivity index (χ2v) is 8.64. The molecule has 8 nitrogen and oxygen atoms in total. The molecule has 1 spiro atoms. The van der Waals surface area contributed by atoms with Gasteiger partial charge in [0.1, 0.15) is 11.9 Å². The summed E-state index contributed by atoms with van der Waals surface area (Å²) >= 11 is 0. The molecule has 2 fully saturated rings. The molecule has 2 aromatic rings. The van der Waals surface area contributed by atoms with Gasteiger partial charge < -0.3 is 19.7 Å². The molecule has 1 N–H and O–H groups in total. The van der Waals surface area contributed by atoms with Crippen LogP contribution in [0.15, 0.2) is 36.7 Å². The average Bonchev–Trinajstić information content (AvgIpc) is 3.10. The lowest BCUT2D eigenvalue weighted by molar-refractivity contribution is -0.274. The molecule has 1 saturated carbocycles. The second kappa shape index (κ2) is 9.47. The Morgan fingerprint density at radius 2 is 1.85 bits per heavy atom. The molecule has 1 aromatic carbocycles. The van der Waals surface area contributed by atoms with Gasteiger partial charge in [0.05, 0.1) is 29.5 Å². The highest BCUT2D eigenvalue weighted by Crippen LogP contribution is 2.46. The van der Waals surface area contributed by atoms with E-state index in [1.165, 1.54) is 24.3 Å². The lowest BCUT2D eigenvalue weighted by Gasteiger charge is -2.35. The molecule has 2 amide bonds. The van der Waals surface area contributed by atoms with Crippen LogP contribution in [0.4, 0.5) is 23.7 Å². The first-order valence-electron chi connectivity index (χ1n) is 11.0. The van der Waals surface area contributed by atoms with E-state index in [0.717, 1.165) is 5.69 Å². The predicted molar refractivity (Wildman–Crippen MR) is 115 cm³/mol. The number of alkyl halides is 3. The van der Waals surface area contributed by atoms with Crippen LogP contribution in [0.2, 0.25) is 0 Å². The number of nitrogens with one attached hydrogen (secondary N) is 1. The quantitative estimate of drug-likeness (QED) is 0.690. The number of hydrogen-bond donors (Lipinski definition) is 1. The number of nitrogens with zero attached hydrogens (tertiary/aromatic N) is 3. The van der Waals surface area contributed by atoms with Crippen LogP contribution < -0.4 is 15.0 Å². The average molecular weight is 478 g/mol. The van der Waals surface area contributed by atoms with Crippen molar-refractivity contribution in [1.29, 1.82) is 0 Å². The van der Waals surface area contributed by atoms with Crippen LogP contribution in [-0.2, 0) is 16.1 Å². The highest BCUT2D eigenvalue weighted by molar-refractivity contribution is 6.00. The number of amides is 2. The minimum absolute atomic E-state index is 0.0437. The third-order valence-corrected chi connectivity index (χ3v) is 6.31. The smallest absolute Gasteiger partial charge is 0.446 e. The third kappa shape index (κ3) is 5.57. The van der Waals surface area contributed by atoms with Crippen molar-refractivity contribution in [3.63, 3.8) is 0 Å². The molecule has 0 unspecified atom stereocenters. The molecular formula is C23H25F3N4O4. The Morgan fingerprint density at radius 3 is 2.47 bits per heavy atom. The monoisotopic (exact) mass is 478 g/mol. The van der Waals surface area contributed by atoms with Crippen LogP contribution in [0, 0.1) is 12.3 Å². The van der Waals surface area contributed by atoms with Crippen molar-refractivity contribution >= 4 is 17.7 Å². The fraction of sp³-hybridized carbons (Fsp3) is 0.478. The van der Waals surface area contributed by atoms with E-state index in [1.807, 2.05) is 6.92 Å². The Bertz CT molecular complexity index is 1020. The number of rotatable bonds is 5. The van der Waals surface area contributed by atoms with Gasteiger partial charge in [-0.25, -0.2) is 4.79 Å².